The molecule has 3 aromatic heterocycles. The maximum atomic E-state index is 3.40. The maximum Gasteiger partial charge on any atom is 0.0793 e. The number of fused-ring (bicyclic) bond motifs is 3. The molecule has 0 bridgehead atoms. The SMILES string of the molecule is CCCCCc1ccc(C#Cc2cc3sc4cc(C#Cc5ccc(CCCCC)cc5)sc4c3s2)cc1. The summed E-state index contributed by atoms with van der Waals surface area (Å²) < 4.78 is 5.37. The summed E-state index contributed by atoms with van der Waals surface area (Å²) in [5.41, 5.74) is 5.00. The fraction of sp³-hybridized carbons (Fsp3) is 0.294. The van der Waals surface area contributed by atoms with Crippen molar-refractivity contribution in [2.45, 2.75) is 65.2 Å². The zero-order chi connectivity index (χ0) is 25.5. The predicted molar refractivity (Wildman–Crippen MR) is 166 cm³/mol. The largest absolute Gasteiger partial charge is 0.133 e. The predicted octanol–water partition coefficient (Wildman–Crippen LogP) is 10.4. The Kier molecular flexibility index (Phi) is 8.80. The van der Waals surface area contributed by atoms with Crippen LogP contribution in [0, 0.1) is 23.7 Å². The second-order valence-corrected chi connectivity index (χ2v) is 12.7. The lowest BCUT2D eigenvalue weighted by Crippen LogP contribution is -1.85. The smallest absolute Gasteiger partial charge is 0.0793 e. The van der Waals surface area contributed by atoms with Gasteiger partial charge in [-0.25, -0.2) is 0 Å². The van der Waals surface area contributed by atoms with Crippen molar-refractivity contribution in [1.82, 2.24) is 0 Å². The van der Waals surface area contributed by atoms with Crippen LogP contribution in [0.1, 0.15) is 84.4 Å². The first-order valence-corrected chi connectivity index (χ1v) is 15.8. The summed E-state index contributed by atoms with van der Waals surface area (Å²) in [5.74, 6) is 13.5. The minimum Gasteiger partial charge on any atom is -0.133 e. The molecule has 0 aliphatic carbocycles. The van der Waals surface area contributed by atoms with Crippen LogP contribution in [-0.4, -0.2) is 0 Å². The molecular formula is C34H32S3. The van der Waals surface area contributed by atoms with Gasteiger partial charge >= 0.3 is 0 Å². The van der Waals surface area contributed by atoms with Gasteiger partial charge < -0.3 is 0 Å². The van der Waals surface area contributed by atoms with Crippen molar-refractivity contribution in [3.63, 3.8) is 0 Å². The summed E-state index contributed by atoms with van der Waals surface area (Å²) in [6, 6.07) is 22.0. The van der Waals surface area contributed by atoms with Gasteiger partial charge in [0.15, 0.2) is 0 Å². The van der Waals surface area contributed by atoms with E-state index in [2.05, 4.69) is 98.2 Å². The van der Waals surface area contributed by atoms with Gasteiger partial charge in [-0.2, -0.15) is 0 Å². The van der Waals surface area contributed by atoms with Crippen molar-refractivity contribution in [1.29, 1.82) is 0 Å². The molecule has 0 aliphatic rings. The molecular weight excluding hydrogens is 505 g/mol. The van der Waals surface area contributed by atoms with E-state index in [-0.39, 0.29) is 0 Å². The Labute approximate surface area is 233 Å². The molecule has 0 N–H and O–H groups in total. The van der Waals surface area contributed by atoms with Crippen LogP contribution in [0.4, 0.5) is 0 Å². The molecule has 186 valence electrons. The van der Waals surface area contributed by atoms with Gasteiger partial charge in [0.05, 0.1) is 19.2 Å². The highest BCUT2D eigenvalue weighted by Crippen LogP contribution is 2.43. The fourth-order valence-electron chi connectivity index (χ4n) is 4.39. The van der Waals surface area contributed by atoms with Crippen LogP contribution in [0.5, 0.6) is 0 Å². The van der Waals surface area contributed by atoms with Crippen LogP contribution in [-0.2, 0) is 12.8 Å². The Balaban J connectivity index is 1.27. The normalized spacial score (nSPS) is 10.9. The molecule has 0 nitrogen and oxygen atoms in total. The highest BCUT2D eigenvalue weighted by molar-refractivity contribution is 7.38. The number of unbranched alkanes of at least 4 members (excludes halogenated alkanes) is 4. The molecule has 0 amide bonds. The molecule has 2 aromatic carbocycles. The second kappa shape index (κ2) is 12.6. The lowest BCUT2D eigenvalue weighted by atomic mass is 10.1. The van der Waals surface area contributed by atoms with E-state index in [1.807, 2.05) is 11.3 Å². The van der Waals surface area contributed by atoms with Gasteiger partial charge in [0.2, 0.25) is 0 Å². The van der Waals surface area contributed by atoms with E-state index in [9.17, 15) is 0 Å². The molecule has 0 saturated heterocycles. The van der Waals surface area contributed by atoms with E-state index in [0.717, 1.165) is 33.7 Å². The summed E-state index contributed by atoms with van der Waals surface area (Å²) >= 11 is 5.47. The Morgan fingerprint density at radius 2 is 0.946 bits per heavy atom. The van der Waals surface area contributed by atoms with E-state index in [0.29, 0.717) is 0 Å². The maximum absolute atomic E-state index is 3.40. The molecule has 5 rings (SSSR count). The van der Waals surface area contributed by atoms with Crippen molar-refractivity contribution < 1.29 is 0 Å². The zero-order valence-corrected chi connectivity index (χ0v) is 24.1. The van der Waals surface area contributed by atoms with Crippen LogP contribution in [0.3, 0.4) is 0 Å². The van der Waals surface area contributed by atoms with Gasteiger partial charge in [0.25, 0.3) is 0 Å². The van der Waals surface area contributed by atoms with Crippen LogP contribution in [0.2, 0.25) is 0 Å². The quantitative estimate of drug-likeness (QED) is 0.137. The molecule has 3 heteroatoms. The molecule has 0 aliphatic heterocycles. The van der Waals surface area contributed by atoms with Crippen LogP contribution in [0.15, 0.2) is 60.7 Å². The minimum absolute atomic E-state index is 1.09. The first-order chi connectivity index (χ1) is 18.2. The molecule has 0 atom stereocenters. The lowest BCUT2D eigenvalue weighted by molar-refractivity contribution is 0.717. The third-order valence-corrected chi connectivity index (χ3v) is 10.1. The summed E-state index contributed by atoms with van der Waals surface area (Å²) in [6.07, 6.45) is 10.00. The Bertz CT molecular complexity index is 1460. The van der Waals surface area contributed by atoms with Crippen molar-refractivity contribution in [2.75, 3.05) is 0 Å². The van der Waals surface area contributed by atoms with Gasteiger partial charge in [-0.05, 0) is 73.2 Å². The van der Waals surface area contributed by atoms with E-state index < -0.39 is 0 Å². The van der Waals surface area contributed by atoms with Gasteiger partial charge in [-0.1, -0.05) is 87.5 Å². The molecule has 37 heavy (non-hydrogen) atoms. The van der Waals surface area contributed by atoms with Crippen molar-refractivity contribution in [3.8, 4) is 23.7 Å². The average Bonchev–Trinajstić information content (AvgIpc) is 3.59. The number of aryl methyl sites for hydroxylation is 2. The topological polar surface area (TPSA) is 0 Å². The van der Waals surface area contributed by atoms with Gasteiger partial charge in [-0.3, -0.25) is 0 Å². The highest BCUT2D eigenvalue weighted by atomic mass is 32.1. The fourth-order valence-corrected chi connectivity index (χ4v) is 8.12. The monoisotopic (exact) mass is 536 g/mol. The Morgan fingerprint density at radius 3 is 1.35 bits per heavy atom. The van der Waals surface area contributed by atoms with Gasteiger partial charge in [0, 0.05) is 20.5 Å². The Morgan fingerprint density at radius 1 is 0.514 bits per heavy atom. The molecule has 0 unspecified atom stereocenters. The second-order valence-electron chi connectivity index (χ2n) is 9.52. The van der Waals surface area contributed by atoms with Gasteiger partial charge in [0.1, 0.15) is 0 Å². The van der Waals surface area contributed by atoms with E-state index >= 15 is 0 Å². The van der Waals surface area contributed by atoms with Crippen molar-refractivity contribution >= 4 is 52.8 Å². The highest BCUT2D eigenvalue weighted by Gasteiger charge is 2.12. The molecule has 0 radical (unpaired) electrons. The third kappa shape index (κ3) is 6.74. The van der Waals surface area contributed by atoms with E-state index in [1.165, 1.54) is 68.5 Å². The summed E-state index contributed by atoms with van der Waals surface area (Å²) in [6.45, 7) is 4.50. The molecule has 5 aromatic rings. The lowest BCUT2D eigenvalue weighted by Gasteiger charge is -2.00. The number of hydrogen-bond donors (Lipinski definition) is 0. The van der Waals surface area contributed by atoms with Gasteiger partial charge in [-0.15, -0.1) is 34.0 Å². The standard InChI is InChI=1S/C34H32S3/c1-3-5-7-9-25-11-15-27(16-12-25)19-21-29-23-31-33(35-29)34-32(37-31)24-30(36-34)22-20-28-17-13-26(14-18-28)10-8-6-4-2/h11-18,23-24H,3-10H2,1-2H3. The minimum atomic E-state index is 1.09. The zero-order valence-electron chi connectivity index (χ0n) is 21.7. The molecule has 0 spiro atoms. The van der Waals surface area contributed by atoms with Crippen molar-refractivity contribution in [2.24, 2.45) is 0 Å². The summed E-state index contributed by atoms with van der Waals surface area (Å²) in [5, 5.41) is 0. The van der Waals surface area contributed by atoms with Crippen molar-refractivity contribution in [3.05, 3.63) is 92.7 Å². The first-order valence-electron chi connectivity index (χ1n) is 13.4. The number of benzene rings is 2. The molecule has 0 fully saturated rings. The first kappa shape index (κ1) is 25.8. The molecule has 0 saturated carbocycles. The van der Waals surface area contributed by atoms with Crippen LogP contribution >= 0.6 is 34.0 Å². The summed E-state index contributed by atoms with van der Waals surface area (Å²) in [7, 11) is 0. The van der Waals surface area contributed by atoms with Crippen LogP contribution in [0.25, 0.3) is 18.8 Å². The van der Waals surface area contributed by atoms with Crippen LogP contribution < -0.4 is 0 Å². The molecule has 3 heterocycles. The summed E-state index contributed by atoms with van der Waals surface area (Å²) in [4.78, 5) is 2.27. The number of thiophene rings is 3. The Hall–Kier alpha value is -2.82. The third-order valence-electron chi connectivity index (χ3n) is 6.53. The number of rotatable bonds is 8. The average molecular weight is 537 g/mol. The van der Waals surface area contributed by atoms with E-state index in [1.54, 1.807) is 22.7 Å². The number of hydrogen-bond acceptors (Lipinski definition) is 3. The van der Waals surface area contributed by atoms with E-state index in [4.69, 9.17) is 0 Å².